The van der Waals surface area contributed by atoms with Gasteiger partial charge in [-0.05, 0) is 44.7 Å². The Bertz CT molecular complexity index is 535. The predicted octanol–water partition coefficient (Wildman–Crippen LogP) is 2.89. The van der Waals surface area contributed by atoms with E-state index in [0.717, 1.165) is 12.8 Å². The van der Waals surface area contributed by atoms with E-state index in [1.807, 2.05) is 13.8 Å². The highest BCUT2D eigenvalue weighted by molar-refractivity contribution is 5.93. The molecule has 1 aliphatic rings. The van der Waals surface area contributed by atoms with Crippen LogP contribution in [0.2, 0.25) is 0 Å². The number of nitrogens with one attached hydrogen (secondary N) is 1. The van der Waals surface area contributed by atoms with E-state index in [9.17, 15) is 14.9 Å². The van der Waals surface area contributed by atoms with Gasteiger partial charge in [0, 0.05) is 17.3 Å². The molecule has 0 atom stereocenters. The predicted molar refractivity (Wildman–Crippen MR) is 70.5 cm³/mol. The lowest BCUT2D eigenvalue weighted by molar-refractivity contribution is -0.385. The number of hydrogen-bond donors (Lipinski definition) is 2. The van der Waals surface area contributed by atoms with Crippen molar-refractivity contribution in [3.8, 4) is 0 Å². The van der Waals surface area contributed by atoms with Gasteiger partial charge in [0.15, 0.2) is 0 Å². The minimum Gasteiger partial charge on any atom is -0.477 e. The van der Waals surface area contributed by atoms with Gasteiger partial charge in [0.1, 0.15) is 5.56 Å². The molecule has 1 aromatic carbocycles. The van der Waals surface area contributed by atoms with Crippen LogP contribution < -0.4 is 5.32 Å². The van der Waals surface area contributed by atoms with Crippen LogP contribution in [0.3, 0.4) is 0 Å². The van der Waals surface area contributed by atoms with Crippen LogP contribution in [0.4, 0.5) is 11.4 Å². The maximum atomic E-state index is 11.1. The van der Waals surface area contributed by atoms with Crippen molar-refractivity contribution in [2.45, 2.75) is 32.2 Å². The summed E-state index contributed by atoms with van der Waals surface area (Å²) in [4.78, 5) is 21.1. The standard InChI is InChI=1S/C13H16N2O4/c1-13(2,8-3-4-8)14-9-5-6-11(15(18)19)10(7-9)12(16)17/h5-8,14H,3-4H2,1-2H3,(H,16,17). The molecular weight excluding hydrogens is 248 g/mol. The molecule has 1 fully saturated rings. The van der Waals surface area contributed by atoms with Gasteiger partial charge in [-0.3, -0.25) is 10.1 Å². The largest absolute Gasteiger partial charge is 0.477 e. The fourth-order valence-corrected chi connectivity index (χ4v) is 2.22. The SMILES string of the molecule is CC(C)(Nc1ccc([N+](=O)[O-])c(C(=O)O)c1)C1CC1. The summed E-state index contributed by atoms with van der Waals surface area (Å²) in [5.74, 6) is -0.726. The van der Waals surface area contributed by atoms with Crippen molar-refractivity contribution in [2.24, 2.45) is 5.92 Å². The number of rotatable bonds is 5. The third-order valence-corrected chi connectivity index (χ3v) is 3.49. The lowest BCUT2D eigenvalue weighted by atomic mass is 9.98. The summed E-state index contributed by atoms with van der Waals surface area (Å²) in [7, 11) is 0. The van der Waals surface area contributed by atoms with E-state index in [0.29, 0.717) is 11.6 Å². The molecule has 0 heterocycles. The van der Waals surface area contributed by atoms with Crippen molar-refractivity contribution in [3.05, 3.63) is 33.9 Å². The Morgan fingerprint density at radius 2 is 2.11 bits per heavy atom. The molecule has 0 amide bonds. The summed E-state index contributed by atoms with van der Waals surface area (Å²) in [5, 5.41) is 23.0. The number of nitro groups is 1. The molecule has 0 radical (unpaired) electrons. The zero-order valence-electron chi connectivity index (χ0n) is 10.8. The normalized spacial score (nSPS) is 15.1. The maximum Gasteiger partial charge on any atom is 0.342 e. The fraction of sp³-hybridized carbons (Fsp3) is 0.462. The summed E-state index contributed by atoms with van der Waals surface area (Å²) in [6.45, 7) is 4.10. The van der Waals surface area contributed by atoms with Crippen LogP contribution in [0.25, 0.3) is 0 Å². The number of aromatic carboxylic acids is 1. The number of anilines is 1. The molecule has 2 N–H and O–H groups in total. The first-order valence-electron chi connectivity index (χ1n) is 6.11. The number of nitro benzene ring substituents is 1. The van der Waals surface area contributed by atoms with Gasteiger partial charge in [-0.25, -0.2) is 4.79 Å². The minimum absolute atomic E-state index is 0.133. The van der Waals surface area contributed by atoms with Gasteiger partial charge in [0.2, 0.25) is 0 Å². The highest BCUT2D eigenvalue weighted by Gasteiger charge is 2.37. The highest BCUT2D eigenvalue weighted by atomic mass is 16.6. The van der Waals surface area contributed by atoms with Gasteiger partial charge in [0.05, 0.1) is 4.92 Å². The number of carboxylic acids is 1. The fourth-order valence-electron chi connectivity index (χ4n) is 2.22. The second-order valence-electron chi connectivity index (χ2n) is 5.42. The number of benzene rings is 1. The van der Waals surface area contributed by atoms with E-state index in [4.69, 9.17) is 5.11 Å². The number of nitrogens with zero attached hydrogens (tertiary/aromatic N) is 1. The number of hydrogen-bond acceptors (Lipinski definition) is 4. The van der Waals surface area contributed by atoms with E-state index in [1.165, 1.54) is 12.1 Å². The summed E-state index contributed by atoms with van der Waals surface area (Å²) < 4.78 is 0. The first-order valence-corrected chi connectivity index (χ1v) is 6.11. The topological polar surface area (TPSA) is 92.5 Å². The quantitative estimate of drug-likeness (QED) is 0.630. The Morgan fingerprint density at radius 3 is 2.58 bits per heavy atom. The van der Waals surface area contributed by atoms with Gasteiger partial charge >= 0.3 is 5.97 Å². The number of carboxylic acid groups (broad SMARTS) is 1. The van der Waals surface area contributed by atoms with Crippen molar-refractivity contribution >= 4 is 17.3 Å². The zero-order chi connectivity index (χ0) is 14.2. The van der Waals surface area contributed by atoms with E-state index in [-0.39, 0.29) is 16.8 Å². The van der Waals surface area contributed by atoms with E-state index in [2.05, 4.69) is 5.32 Å². The molecule has 0 saturated heterocycles. The number of carbonyl (C=O) groups is 1. The third kappa shape index (κ3) is 2.83. The van der Waals surface area contributed by atoms with E-state index in [1.54, 1.807) is 6.07 Å². The van der Waals surface area contributed by atoms with Crippen LogP contribution in [0.1, 0.15) is 37.0 Å². The molecule has 102 valence electrons. The first-order chi connectivity index (χ1) is 8.81. The average molecular weight is 264 g/mol. The lowest BCUT2D eigenvalue weighted by Gasteiger charge is -2.27. The van der Waals surface area contributed by atoms with Gasteiger partial charge in [-0.1, -0.05) is 0 Å². The molecule has 6 heteroatoms. The minimum atomic E-state index is -1.29. The van der Waals surface area contributed by atoms with Crippen molar-refractivity contribution in [3.63, 3.8) is 0 Å². The second-order valence-corrected chi connectivity index (χ2v) is 5.42. The molecular formula is C13H16N2O4. The van der Waals surface area contributed by atoms with Crippen molar-refractivity contribution in [1.29, 1.82) is 0 Å². The van der Waals surface area contributed by atoms with E-state index >= 15 is 0 Å². The van der Waals surface area contributed by atoms with Crippen molar-refractivity contribution < 1.29 is 14.8 Å². The summed E-state index contributed by atoms with van der Waals surface area (Å²) in [6, 6.07) is 4.11. The van der Waals surface area contributed by atoms with Crippen molar-refractivity contribution in [1.82, 2.24) is 0 Å². The van der Waals surface area contributed by atoms with Crippen LogP contribution in [0.15, 0.2) is 18.2 Å². The van der Waals surface area contributed by atoms with Gasteiger partial charge < -0.3 is 10.4 Å². The molecule has 0 bridgehead atoms. The van der Waals surface area contributed by atoms with Crippen LogP contribution in [-0.2, 0) is 0 Å². The van der Waals surface area contributed by atoms with Crippen LogP contribution in [0.5, 0.6) is 0 Å². The monoisotopic (exact) mass is 264 g/mol. The molecule has 0 aliphatic heterocycles. The van der Waals surface area contributed by atoms with Crippen molar-refractivity contribution in [2.75, 3.05) is 5.32 Å². The van der Waals surface area contributed by atoms with Gasteiger partial charge in [-0.2, -0.15) is 0 Å². The summed E-state index contributed by atoms with van der Waals surface area (Å²) in [5.41, 5.74) is -0.213. The summed E-state index contributed by atoms with van der Waals surface area (Å²) >= 11 is 0. The molecule has 6 nitrogen and oxygen atoms in total. The molecule has 1 saturated carbocycles. The van der Waals surface area contributed by atoms with Crippen LogP contribution in [0, 0.1) is 16.0 Å². The second kappa shape index (κ2) is 4.53. The maximum absolute atomic E-state index is 11.1. The Balaban J connectivity index is 2.30. The molecule has 19 heavy (non-hydrogen) atoms. The molecule has 1 aromatic rings. The average Bonchev–Trinajstić information content (AvgIpc) is 3.11. The van der Waals surface area contributed by atoms with Gasteiger partial charge in [0.25, 0.3) is 5.69 Å². The van der Waals surface area contributed by atoms with E-state index < -0.39 is 10.9 Å². The molecule has 2 rings (SSSR count). The smallest absolute Gasteiger partial charge is 0.342 e. The first kappa shape index (κ1) is 13.3. The lowest BCUT2D eigenvalue weighted by Crippen LogP contribution is -2.33. The highest BCUT2D eigenvalue weighted by Crippen LogP contribution is 2.41. The summed E-state index contributed by atoms with van der Waals surface area (Å²) in [6.07, 6.45) is 2.30. The Morgan fingerprint density at radius 1 is 1.47 bits per heavy atom. The third-order valence-electron chi connectivity index (χ3n) is 3.49. The molecule has 0 spiro atoms. The Kier molecular flexibility index (Phi) is 3.18. The molecule has 0 aromatic heterocycles. The Hall–Kier alpha value is -2.11. The van der Waals surface area contributed by atoms with Crippen LogP contribution in [-0.4, -0.2) is 21.5 Å². The zero-order valence-corrected chi connectivity index (χ0v) is 10.8. The molecule has 0 unspecified atom stereocenters. The van der Waals surface area contributed by atoms with Gasteiger partial charge in [-0.15, -0.1) is 0 Å². The Labute approximate surface area is 110 Å². The molecule has 1 aliphatic carbocycles. The van der Waals surface area contributed by atoms with Crippen LogP contribution >= 0.6 is 0 Å².